The van der Waals surface area contributed by atoms with Crippen LogP contribution in [0.2, 0.25) is 5.02 Å². The first-order valence-electron chi connectivity index (χ1n) is 7.57. The van der Waals surface area contributed by atoms with E-state index in [0.717, 1.165) is 30.9 Å². The Balaban J connectivity index is 1.57. The maximum Gasteiger partial charge on any atom is 0.338 e. The van der Waals surface area contributed by atoms with E-state index >= 15 is 0 Å². The molecular formula is C18H15ClFNO3. The van der Waals surface area contributed by atoms with Crippen molar-refractivity contribution in [2.24, 2.45) is 0 Å². The molecule has 1 aliphatic rings. The molecule has 3 rings (SSSR count). The lowest BCUT2D eigenvalue weighted by molar-refractivity contribution is -0.119. The van der Waals surface area contributed by atoms with Gasteiger partial charge in [-0.1, -0.05) is 17.7 Å². The van der Waals surface area contributed by atoms with Gasteiger partial charge in [0.2, 0.25) is 0 Å². The van der Waals surface area contributed by atoms with Crippen molar-refractivity contribution in [1.29, 1.82) is 0 Å². The minimum atomic E-state index is -0.652. The summed E-state index contributed by atoms with van der Waals surface area (Å²) in [5.74, 6) is -1.84. The van der Waals surface area contributed by atoms with Gasteiger partial charge in [-0.3, -0.25) is 4.79 Å². The molecule has 0 saturated carbocycles. The standard InChI is InChI=1S/C18H15ClFNO3/c19-14-6-7-16(15(20)9-14)21-17(22)10-24-18(23)13-5-4-11-2-1-3-12(11)8-13/h4-9H,1-3,10H2,(H,21,22). The lowest BCUT2D eigenvalue weighted by Gasteiger charge is -2.08. The van der Waals surface area contributed by atoms with Crippen molar-refractivity contribution in [3.63, 3.8) is 0 Å². The Labute approximate surface area is 143 Å². The topological polar surface area (TPSA) is 55.4 Å². The van der Waals surface area contributed by atoms with Gasteiger partial charge in [0.15, 0.2) is 6.61 Å². The predicted molar refractivity (Wildman–Crippen MR) is 88.8 cm³/mol. The summed E-state index contributed by atoms with van der Waals surface area (Å²) >= 11 is 5.64. The Hall–Kier alpha value is -2.40. The average Bonchev–Trinajstić information content (AvgIpc) is 3.03. The van der Waals surface area contributed by atoms with Gasteiger partial charge in [0.05, 0.1) is 11.3 Å². The molecule has 2 aromatic rings. The molecule has 1 amide bonds. The first-order valence-corrected chi connectivity index (χ1v) is 7.94. The number of carbonyl (C=O) groups is 2. The number of halogens is 2. The molecule has 0 spiro atoms. The zero-order valence-corrected chi connectivity index (χ0v) is 13.5. The van der Waals surface area contributed by atoms with Crippen LogP contribution in [0.1, 0.15) is 27.9 Å². The molecule has 2 aromatic carbocycles. The number of benzene rings is 2. The zero-order valence-electron chi connectivity index (χ0n) is 12.8. The molecule has 1 aliphatic carbocycles. The molecule has 0 aliphatic heterocycles. The molecule has 4 nitrogen and oxygen atoms in total. The third kappa shape index (κ3) is 3.74. The van der Waals surface area contributed by atoms with Crippen molar-refractivity contribution in [3.8, 4) is 0 Å². The summed E-state index contributed by atoms with van der Waals surface area (Å²) in [6.45, 7) is -0.488. The fourth-order valence-corrected chi connectivity index (χ4v) is 2.85. The quantitative estimate of drug-likeness (QED) is 0.857. The van der Waals surface area contributed by atoms with Crippen LogP contribution in [0.25, 0.3) is 0 Å². The van der Waals surface area contributed by atoms with E-state index in [9.17, 15) is 14.0 Å². The van der Waals surface area contributed by atoms with Gasteiger partial charge in [-0.15, -0.1) is 0 Å². The van der Waals surface area contributed by atoms with E-state index in [-0.39, 0.29) is 10.7 Å². The van der Waals surface area contributed by atoms with Crippen LogP contribution in [0.5, 0.6) is 0 Å². The second-order valence-corrected chi connectivity index (χ2v) is 6.02. The monoisotopic (exact) mass is 347 g/mol. The molecule has 1 N–H and O–H groups in total. The van der Waals surface area contributed by atoms with Gasteiger partial charge < -0.3 is 10.1 Å². The molecule has 6 heteroatoms. The van der Waals surface area contributed by atoms with Gasteiger partial charge in [0, 0.05) is 5.02 Å². The van der Waals surface area contributed by atoms with E-state index in [1.165, 1.54) is 17.7 Å². The summed E-state index contributed by atoms with van der Waals surface area (Å²) in [5.41, 5.74) is 2.80. The van der Waals surface area contributed by atoms with E-state index in [2.05, 4.69) is 5.32 Å². The summed E-state index contributed by atoms with van der Waals surface area (Å²) in [7, 11) is 0. The van der Waals surface area contributed by atoms with Crippen LogP contribution >= 0.6 is 11.6 Å². The lowest BCUT2D eigenvalue weighted by Crippen LogP contribution is -2.21. The van der Waals surface area contributed by atoms with Crippen molar-refractivity contribution < 1.29 is 18.7 Å². The minimum Gasteiger partial charge on any atom is -0.452 e. The molecular weight excluding hydrogens is 333 g/mol. The second kappa shape index (κ2) is 7.01. The number of aryl methyl sites for hydroxylation is 2. The van der Waals surface area contributed by atoms with Crippen LogP contribution in [0.3, 0.4) is 0 Å². The number of rotatable bonds is 4. The highest BCUT2D eigenvalue weighted by atomic mass is 35.5. The van der Waals surface area contributed by atoms with Crippen molar-refractivity contribution in [3.05, 3.63) is 63.9 Å². The summed E-state index contributed by atoms with van der Waals surface area (Å²) in [6.07, 6.45) is 3.06. The highest BCUT2D eigenvalue weighted by Gasteiger charge is 2.16. The first kappa shape index (κ1) is 16.5. The Bertz CT molecular complexity index is 807. The van der Waals surface area contributed by atoms with Crippen LogP contribution in [0.4, 0.5) is 10.1 Å². The fourth-order valence-electron chi connectivity index (χ4n) is 2.69. The van der Waals surface area contributed by atoms with Gasteiger partial charge >= 0.3 is 5.97 Å². The van der Waals surface area contributed by atoms with Crippen LogP contribution in [0.15, 0.2) is 36.4 Å². The van der Waals surface area contributed by atoms with E-state index in [4.69, 9.17) is 16.3 Å². The largest absolute Gasteiger partial charge is 0.452 e. The van der Waals surface area contributed by atoms with Crippen LogP contribution < -0.4 is 5.32 Å². The Morgan fingerprint density at radius 1 is 1.12 bits per heavy atom. The molecule has 0 radical (unpaired) electrons. The minimum absolute atomic E-state index is 0.0158. The molecule has 0 aromatic heterocycles. The van der Waals surface area contributed by atoms with Crippen molar-refractivity contribution >= 4 is 29.2 Å². The molecule has 0 saturated heterocycles. The third-order valence-corrected chi connectivity index (χ3v) is 4.11. The van der Waals surface area contributed by atoms with Gasteiger partial charge in [-0.05, 0) is 60.7 Å². The highest BCUT2D eigenvalue weighted by molar-refractivity contribution is 6.30. The predicted octanol–water partition coefficient (Wildman–Crippen LogP) is 3.76. The number of esters is 1. The number of fused-ring (bicyclic) bond motifs is 1. The van der Waals surface area contributed by atoms with Gasteiger partial charge in [0.1, 0.15) is 5.82 Å². The van der Waals surface area contributed by atoms with Gasteiger partial charge in [-0.25, -0.2) is 9.18 Å². The Morgan fingerprint density at radius 2 is 1.92 bits per heavy atom. The van der Waals surface area contributed by atoms with Crippen molar-refractivity contribution in [2.75, 3.05) is 11.9 Å². The number of carbonyl (C=O) groups excluding carboxylic acids is 2. The average molecular weight is 348 g/mol. The van der Waals surface area contributed by atoms with E-state index in [1.807, 2.05) is 6.07 Å². The first-order chi connectivity index (χ1) is 11.5. The van der Waals surface area contributed by atoms with E-state index < -0.39 is 24.3 Å². The number of amides is 1. The molecule has 124 valence electrons. The lowest BCUT2D eigenvalue weighted by atomic mass is 10.1. The molecule has 0 fully saturated rings. The normalized spacial score (nSPS) is 12.6. The van der Waals surface area contributed by atoms with E-state index in [1.54, 1.807) is 12.1 Å². The zero-order chi connectivity index (χ0) is 17.1. The second-order valence-electron chi connectivity index (χ2n) is 5.59. The Morgan fingerprint density at radius 3 is 2.71 bits per heavy atom. The molecule has 24 heavy (non-hydrogen) atoms. The number of nitrogens with one attached hydrogen (secondary N) is 1. The highest BCUT2D eigenvalue weighted by Crippen LogP contribution is 2.23. The maximum atomic E-state index is 13.6. The molecule has 0 bridgehead atoms. The fraction of sp³-hybridized carbons (Fsp3) is 0.222. The summed E-state index contributed by atoms with van der Waals surface area (Å²) in [6, 6.07) is 9.31. The number of ether oxygens (including phenoxy) is 1. The van der Waals surface area contributed by atoms with Crippen LogP contribution in [-0.4, -0.2) is 18.5 Å². The summed E-state index contributed by atoms with van der Waals surface area (Å²) in [5, 5.41) is 2.57. The van der Waals surface area contributed by atoms with Crippen molar-refractivity contribution in [1.82, 2.24) is 0 Å². The van der Waals surface area contributed by atoms with Crippen LogP contribution in [-0.2, 0) is 22.4 Å². The smallest absolute Gasteiger partial charge is 0.338 e. The SMILES string of the molecule is O=C(COC(=O)c1ccc2c(c1)CCC2)Nc1ccc(Cl)cc1F. The molecule has 0 heterocycles. The molecule has 0 atom stereocenters. The van der Waals surface area contributed by atoms with Crippen molar-refractivity contribution in [2.45, 2.75) is 19.3 Å². The van der Waals surface area contributed by atoms with Gasteiger partial charge in [-0.2, -0.15) is 0 Å². The number of hydrogen-bond donors (Lipinski definition) is 1. The van der Waals surface area contributed by atoms with Gasteiger partial charge in [0.25, 0.3) is 5.91 Å². The summed E-state index contributed by atoms with van der Waals surface area (Å²) in [4.78, 5) is 23.8. The molecule has 0 unspecified atom stereocenters. The number of hydrogen-bond acceptors (Lipinski definition) is 3. The van der Waals surface area contributed by atoms with E-state index in [0.29, 0.717) is 5.56 Å². The maximum absolute atomic E-state index is 13.6. The van der Waals surface area contributed by atoms with Crippen LogP contribution in [0, 0.1) is 5.82 Å². The Kier molecular flexibility index (Phi) is 4.81. The summed E-state index contributed by atoms with van der Waals surface area (Å²) < 4.78 is 18.6. The third-order valence-electron chi connectivity index (χ3n) is 3.87. The number of anilines is 1.